The summed E-state index contributed by atoms with van der Waals surface area (Å²) in [5, 5.41) is 8.32. The fraction of sp³-hybridized carbons (Fsp3) is 0.0909. The molecule has 0 aliphatic heterocycles. The van der Waals surface area contributed by atoms with Gasteiger partial charge in [0.05, 0.1) is 11.3 Å². The number of aliphatic carboxylic acids is 1. The van der Waals surface area contributed by atoms with E-state index >= 15 is 0 Å². The minimum atomic E-state index is -4.56. The molecule has 0 radical (unpaired) electrons. The maximum atomic E-state index is 12.8. The van der Waals surface area contributed by atoms with Crippen LogP contribution in [0.1, 0.15) is 11.3 Å². The average molecular weight is 291 g/mol. The minimum absolute atomic E-state index is 0.0742. The van der Waals surface area contributed by atoms with Crippen LogP contribution >= 0.6 is 11.6 Å². The van der Waals surface area contributed by atoms with Crippen molar-refractivity contribution < 1.29 is 23.1 Å². The molecular weight excluding hydrogens is 285 g/mol. The summed E-state index contributed by atoms with van der Waals surface area (Å²) in [5.74, 6) is -1.24. The Bertz CT molecular complexity index is 676. The zero-order valence-electron chi connectivity index (χ0n) is 9.15. The number of halogens is 4. The van der Waals surface area contributed by atoms with Crippen molar-refractivity contribution in [3.8, 4) is 0 Å². The second-order valence-electron chi connectivity index (χ2n) is 3.57. The van der Waals surface area contributed by atoms with Gasteiger partial charge in [-0.25, -0.2) is 9.78 Å². The van der Waals surface area contributed by atoms with Gasteiger partial charge < -0.3 is 5.11 Å². The molecule has 0 unspecified atom stereocenters. The second-order valence-corrected chi connectivity index (χ2v) is 3.93. The molecule has 1 N–H and O–H groups in total. The van der Waals surface area contributed by atoms with Crippen LogP contribution in [0.5, 0.6) is 0 Å². The van der Waals surface area contributed by atoms with Crippen LogP contribution < -0.4 is 0 Å². The molecule has 2 rings (SSSR count). The van der Waals surface area contributed by atoms with Gasteiger partial charge in [-0.2, -0.15) is 13.2 Å². The molecule has 4 nitrogen and oxygen atoms in total. The first kappa shape index (κ1) is 13.4. The van der Waals surface area contributed by atoms with Gasteiger partial charge in [0.1, 0.15) is 0 Å². The van der Waals surface area contributed by atoms with Crippen molar-refractivity contribution in [2.75, 3.05) is 0 Å². The van der Waals surface area contributed by atoms with E-state index in [2.05, 4.69) is 4.98 Å². The van der Waals surface area contributed by atoms with Crippen molar-refractivity contribution >= 4 is 29.3 Å². The van der Waals surface area contributed by atoms with E-state index in [1.165, 1.54) is 12.3 Å². The Kier molecular flexibility index (Phi) is 3.23. The lowest BCUT2D eigenvalue weighted by Crippen LogP contribution is -2.07. The third kappa shape index (κ3) is 2.55. The van der Waals surface area contributed by atoms with E-state index in [1.54, 1.807) is 0 Å². The van der Waals surface area contributed by atoms with Crippen molar-refractivity contribution in [2.24, 2.45) is 0 Å². The molecule has 0 spiro atoms. The Hall–Kier alpha value is -2.02. The monoisotopic (exact) mass is 290 g/mol. The number of imidazole rings is 1. The maximum Gasteiger partial charge on any atom is 0.419 e. The maximum absolute atomic E-state index is 12.8. The summed E-state index contributed by atoms with van der Waals surface area (Å²) in [6.45, 7) is 0. The highest BCUT2D eigenvalue weighted by atomic mass is 35.5. The van der Waals surface area contributed by atoms with Gasteiger partial charge in [0.25, 0.3) is 0 Å². The van der Waals surface area contributed by atoms with Crippen LogP contribution in [0.15, 0.2) is 24.4 Å². The summed E-state index contributed by atoms with van der Waals surface area (Å²) in [6, 6.07) is 2.06. The molecule has 8 heteroatoms. The molecule has 2 aromatic heterocycles. The van der Waals surface area contributed by atoms with E-state index < -0.39 is 17.7 Å². The molecule has 0 aliphatic rings. The van der Waals surface area contributed by atoms with Crippen molar-refractivity contribution in [3.63, 3.8) is 0 Å². The predicted molar refractivity (Wildman–Crippen MR) is 61.9 cm³/mol. The number of hydrogen-bond acceptors (Lipinski definition) is 2. The minimum Gasteiger partial charge on any atom is -0.478 e. The predicted octanol–water partition coefficient (Wildman–Crippen LogP) is 3.10. The highest BCUT2D eigenvalue weighted by Gasteiger charge is 2.34. The number of nitrogens with zero attached hydrogens (tertiary/aromatic N) is 2. The van der Waals surface area contributed by atoms with Gasteiger partial charge in [-0.15, -0.1) is 0 Å². The van der Waals surface area contributed by atoms with E-state index in [9.17, 15) is 18.0 Å². The van der Waals surface area contributed by atoms with Crippen molar-refractivity contribution in [1.29, 1.82) is 0 Å². The van der Waals surface area contributed by atoms with Crippen LogP contribution in [0.25, 0.3) is 11.7 Å². The first-order chi connectivity index (χ1) is 8.80. The van der Waals surface area contributed by atoms with E-state index in [-0.39, 0.29) is 16.5 Å². The first-order valence-electron chi connectivity index (χ1n) is 4.95. The largest absolute Gasteiger partial charge is 0.478 e. The molecule has 0 aromatic carbocycles. The molecule has 100 valence electrons. The number of hydrogen-bond donors (Lipinski definition) is 1. The quantitative estimate of drug-likeness (QED) is 0.865. The first-order valence-corrected chi connectivity index (χ1v) is 5.33. The molecule has 19 heavy (non-hydrogen) atoms. The Morgan fingerprint density at radius 3 is 2.74 bits per heavy atom. The molecule has 0 bridgehead atoms. The number of pyridine rings is 1. The van der Waals surface area contributed by atoms with Crippen LogP contribution in [0.2, 0.25) is 5.15 Å². The second kappa shape index (κ2) is 4.58. The van der Waals surface area contributed by atoms with Crippen LogP contribution in [0.4, 0.5) is 13.2 Å². The Morgan fingerprint density at radius 1 is 1.47 bits per heavy atom. The molecule has 0 atom stereocenters. The Labute approximate surface area is 109 Å². The highest BCUT2D eigenvalue weighted by Crippen LogP contribution is 2.33. The standard InChI is InChI=1S/C11H6ClF3N2O2/c12-9-7(3-4-8(18)19)17-5-1-2-6(10(17)16-9)11(13,14)15/h1-5H,(H,18,19)/b4-3+. The molecule has 0 fully saturated rings. The molecule has 0 saturated carbocycles. The van der Waals surface area contributed by atoms with Crippen LogP contribution in [-0.2, 0) is 11.0 Å². The van der Waals surface area contributed by atoms with Crippen molar-refractivity contribution in [1.82, 2.24) is 9.38 Å². The smallest absolute Gasteiger partial charge is 0.419 e. The SMILES string of the molecule is O=C(O)/C=C/c1c(Cl)nc2c(C(F)(F)F)cccn12. The Morgan fingerprint density at radius 2 is 2.16 bits per heavy atom. The van der Waals surface area contributed by atoms with Gasteiger partial charge in [-0.05, 0) is 18.2 Å². The number of alkyl halides is 3. The zero-order chi connectivity index (χ0) is 14.2. The van der Waals surface area contributed by atoms with Crippen LogP contribution in [0, 0.1) is 0 Å². The highest BCUT2D eigenvalue weighted by molar-refractivity contribution is 6.31. The van der Waals surface area contributed by atoms with Gasteiger partial charge in [0, 0.05) is 12.3 Å². The fourth-order valence-electron chi connectivity index (χ4n) is 1.58. The number of fused-ring (bicyclic) bond motifs is 1. The molecule has 0 saturated heterocycles. The zero-order valence-corrected chi connectivity index (χ0v) is 9.90. The third-order valence-electron chi connectivity index (χ3n) is 2.33. The van der Waals surface area contributed by atoms with Crippen molar-refractivity contribution in [3.05, 3.63) is 40.8 Å². The summed E-state index contributed by atoms with van der Waals surface area (Å²) in [7, 11) is 0. The molecule has 2 heterocycles. The lowest BCUT2D eigenvalue weighted by atomic mass is 10.2. The number of carboxylic acid groups (broad SMARTS) is 1. The summed E-state index contributed by atoms with van der Waals surface area (Å²) in [5.41, 5.74) is -1.23. The topological polar surface area (TPSA) is 54.6 Å². The number of carbonyl (C=O) groups is 1. The summed E-state index contributed by atoms with van der Waals surface area (Å²) in [6.07, 6.45) is -1.38. The van der Waals surface area contributed by atoms with E-state index in [0.29, 0.717) is 0 Å². The molecule has 0 amide bonds. The third-order valence-corrected chi connectivity index (χ3v) is 2.61. The number of aromatic nitrogens is 2. The van der Waals surface area contributed by atoms with Gasteiger partial charge in [-0.1, -0.05) is 11.6 Å². The van der Waals surface area contributed by atoms with Gasteiger partial charge in [0.2, 0.25) is 0 Å². The fourth-order valence-corrected chi connectivity index (χ4v) is 1.81. The van der Waals surface area contributed by atoms with Gasteiger partial charge in [0.15, 0.2) is 10.8 Å². The van der Waals surface area contributed by atoms with Gasteiger partial charge in [-0.3, -0.25) is 4.40 Å². The number of carboxylic acids is 1. The lowest BCUT2D eigenvalue weighted by molar-refractivity contribution is -0.136. The van der Waals surface area contributed by atoms with Crippen LogP contribution in [-0.4, -0.2) is 20.5 Å². The Balaban J connectivity index is 2.69. The van der Waals surface area contributed by atoms with E-state index in [1.807, 2.05) is 0 Å². The normalized spacial score (nSPS) is 12.4. The van der Waals surface area contributed by atoms with E-state index in [0.717, 1.165) is 22.6 Å². The summed E-state index contributed by atoms with van der Waals surface area (Å²) >= 11 is 5.73. The van der Waals surface area contributed by atoms with E-state index in [4.69, 9.17) is 16.7 Å². The van der Waals surface area contributed by atoms with Crippen LogP contribution in [0.3, 0.4) is 0 Å². The van der Waals surface area contributed by atoms with Gasteiger partial charge >= 0.3 is 12.1 Å². The van der Waals surface area contributed by atoms with Crippen molar-refractivity contribution in [2.45, 2.75) is 6.18 Å². The molecule has 2 aromatic rings. The molecule has 0 aliphatic carbocycles. The average Bonchev–Trinajstić information content (AvgIpc) is 2.60. The number of rotatable bonds is 2. The molecular formula is C11H6ClF3N2O2. The summed E-state index contributed by atoms with van der Waals surface area (Å²) in [4.78, 5) is 14.1. The lowest BCUT2D eigenvalue weighted by Gasteiger charge is -2.07. The summed E-state index contributed by atoms with van der Waals surface area (Å²) < 4.78 is 39.4.